The summed E-state index contributed by atoms with van der Waals surface area (Å²) in [5.41, 5.74) is 9.93. The lowest BCUT2D eigenvalue weighted by atomic mass is 10.1. The van der Waals surface area contributed by atoms with Gasteiger partial charge in [-0.25, -0.2) is 9.97 Å². The van der Waals surface area contributed by atoms with Crippen molar-refractivity contribution in [1.29, 1.82) is 0 Å². The summed E-state index contributed by atoms with van der Waals surface area (Å²) >= 11 is 6.27. The van der Waals surface area contributed by atoms with Crippen molar-refractivity contribution in [3.63, 3.8) is 0 Å². The van der Waals surface area contributed by atoms with Crippen molar-refractivity contribution in [1.82, 2.24) is 39.0 Å². The molecule has 0 spiro atoms. The highest BCUT2D eigenvalue weighted by atomic mass is 79.9. The van der Waals surface area contributed by atoms with E-state index in [0.29, 0.717) is 0 Å². The Morgan fingerprint density at radius 1 is 0.804 bits per heavy atom. The van der Waals surface area contributed by atoms with Gasteiger partial charge < -0.3 is 56.5 Å². The Morgan fingerprint density at radius 2 is 1.28 bits per heavy atom. The first-order chi connectivity index (χ1) is 21.8. The maximum absolute atomic E-state index is 11.9. The number of ether oxygens (including phenoxy) is 2. The maximum Gasteiger partial charge on any atom is 0.280 e. The molecule has 252 valence electrons. The molecule has 46 heavy (non-hydrogen) atoms. The van der Waals surface area contributed by atoms with E-state index in [2.05, 4.69) is 66.4 Å². The van der Waals surface area contributed by atoms with E-state index < -0.39 is 81.7 Å². The molecule has 9 atom stereocenters. The zero-order valence-corrected chi connectivity index (χ0v) is 26.7. The first-order valence-electron chi connectivity index (χ1n) is 12.7. The average Bonchev–Trinajstić information content (AvgIpc) is 3.69. The van der Waals surface area contributed by atoms with Crippen molar-refractivity contribution in [2.75, 3.05) is 24.4 Å². The third-order valence-corrected chi connectivity index (χ3v) is 8.24. The molecule has 0 aliphatic carbocycles. The molecule has 4 aromatic heterocycles. The van der Waals surface area contributed by atoms with E-state index in [9.17, 15) is 30.0 Å². The fourth-order valence-electron chi connectivity index (χ4n) is 4.53. The van der Waals surface area contributed by atoms with Gasteiger partial charge in [0.25, 0.3) is 11.1 Å². The number of H-pyrrole nitrogens is 2. The van der Waals surface area contributed by atoms with Crippen LogP contribution in [0.1, 0.15) is 12.5 Å². The monoisotopic (exact) mass is 802 g/mol. The number of aliphatic hydroxyl groups excluding tert-OH is 6. The number of anilines is 2. The largest absolute Gasteiger partial charge is 0.394 e. The molecule has 0 radical (unpaired) electrons. The Bertz CT molecular complexity index is 1840. The van der Waals surface area contributed by atoms with Crippen LogP contribution in [0.15, 0.2) is 19.1 Å². The number of aromatic amines is 2. The number of fused-ring (bicyclic) bond motifs is 2. The molecule has 2 saturated heterocycles. The molecule has 0 aromatic carbocycles. The van der Waals surface area contributed by atoms with Crippen LogP contribution in [-0.4, -0.2) is 124 Å². The van der Waals surface area contributed by atoms with Gasteiger partial charge in [-0.2, -0.15) is 19.5 Å². The number of halogens is 2. The summed E-state index contributed by atoms with van der Waals surface area (Å²) in [7, 11) is -2.27. The van der Waals surface area contributed by atoms with Crippen LogP contribution < -0.4 is 22.6 Å². The predicted molar refractivity (Wildman–Crippen MR) is 158 cm³/mol. The molecule has 26 heteroatoms. The molecule has 2 aliphatic rings. The van der Waals surface area contributed by atoms with Crippen LogP contribution in [0.4, 0.5) is 11.9 Å². The second kappa shape index (κ2) is 13.8. The van der Waals surface area contributed by atoms with Gasteiger partial charge in [0.1, 0.15) is 36.9 Å². The Labute approximate surface area is 271 Å². The minimum atomic E-state index is -2.27. The van der Waals surface area contributed by atoms with Crippen LogP contribution in [0.3, 0.4) is 0 Å². The molecule has 0 saturated carbocycles. The lowest BCUT2D eigenvalue weighted by Gasteiger charge is -2.17. The molecule has 2 fully saturated rings. The highest BCUT2D eigenvalue weighted by Crippen LogP contribution is 2.38. The molecule has 13 N–H and O–H groups in total. The summed E-state index contributed by atoms with van der Waals surface area (Å²) in [5, 5.41) is 57.9. The van der Waals surface area contributed by atoms with E-state index in [1.54, 1.807) is 0 Å². The number of hydrogen-bond acceptors (Lipinski definition) is 19. The van der Waals surface area contributed by atoms with Gasteiger partial charge >= 0.3 is 0 Å². The smallest absolute Gasteiger partial charge is 0.280 e. The van der Waals surface area contributed by atoms with Gasteiger partial charge in [-0.3, -0.25) is 28.7 Å². The molecule has 4 aromatic rings. The van der Waals surface area contributed by atoms with Gasteiger partial charge in [0, 0.05) is 0 Å². The Kier molecular flexibility index (Phi) is 10.4. The van der Waals surface area contributed by atoms with Crippen LogP contribution in [0.5, 0.6) is 0 Å². The highest BCUT2D eigenvalue weighted by molar-refractivity contribution is 9.10. The van der Waals surface area contributed by atoms with Crippen LogP contribution in [0, 0.1) is 0 Å². The lowest BCUT2D eigenvalue weighted by molar-refractivity contribution is -0.332. The van der Waals surface area contributed by atoms with E-state index in [-0.39, 0.29) is 43.7 Å². The maximum atomic E-state index is 11.9. The number of nitrogen functional groups attached to an aromatic ring is 2. The van der Waals surface area contributed by atoms with Crippen molar-refractivity contribution < 1.29 is 54.6 Å². The Hall–Kier alpha value is -2.75. The molecular weight excluding hydrogens is 779 g/mol. The number of nitrogens with zero attached hydrogens (tertiary/aromatic N) is 6. The van der Waals surface area contributed by atoms with Crippen molar-refractivity contribution >= 4 is 74.5 Å². The van der Waals surface area contributed by atoms with Crippen molar-refractivity contribution in [3.8, 4) is 0 Å². The van der Waals surface area contributed by atoms with Gasteiger partial charge in [-0.15, -0.1) is 0 Å². The fraction of sp³-hybridized carbons (Fsp3) is 0.500. The normalized spacial score (nSPS) is 28.5. The third-order valence-electron chi connectivity index (χ3n) is 6.62. The standard InChI is InChI=1S/C10H13BrN5O8P.C10H12BrN5O5/c11-9-13-2-5(14-10(12)15-6(2)20)16(9)7-3(18)4(19)8(22-7)23-24-25(21)1-17;11-9-13-3-6(14-10(12)15-7(3)20)16(9)8-5(19)4(18)2(1-17)21-8/h3-4,7-8,17-19,21H,1H2,(H3,12,14,15,20);2,4-5,8,17-19H,1H2,(H3,12,14,15,20)/t3-,4?,7+,8+,25?;2-,4?,5+,8-/m01/s1. The summed E-state index contributed by atoms with van der Waals surface area (Å²) in [6.45, 7) is -0.463. The highest BCUT2D eigenvalue weighted by Gasteiger charge is 2.47. The van der Waals surface area contributed by atoms with Crippen molar-refractivity contribution in [3.05, 3.63) is 30.2 Å². The quantitative estimate of drug-likeness (QED) is 0.0371. The molecular formula is C20H25Br2N10O13P. The second-order valence-electron chi connectivity index (χ2n) is 9.52. The summed E-state index contributed by atoms with van der Waals surface area (Å²) in [5.74, 6) is -0.294. The fourth-order valence-corrected chi connectivity index (χ4v) is 5.86. The molecule has 0 bridgehead atoms. The van der Waals surface area contributed by atoms with Crippen LogP contribution in [0.25, 0.3) is 22.3 Å². The number of aliphatic hydroxyl groups is 6. The summed E-state index contributed by atoms with van der Waals surface area (Å²) in [6.07, 6.45) is -11.1. The van der Waals surface area contributed by atoms with Crippen molar-refractivity contribution in [2.24, 2.45) is 0 Å². The van der Waals surface area contributed by atoms with Gasteiger partial charge in [0.2, 0.25) is 26.6 Å². The summed E-state index contributed by atoms with van der Waals surface area (Å²) < 4.78 is 18.0. The Morgan fingerprint density at radius 3 is 1.74 bits per heavy atom. The van der Waals surface area contributed by atoms with Gasteiger partial charge in [-0.1, -0.05) is 0 Å². The van der Waals surface area contributed by atoms with Crippen LogP contribution in [-0.2, 0) is 19.0 Å². The molecule has 6 heterocycles. The van der Waals surface area contributed by atoms with Crippen LogP contribution in [0.2, 0.25) is 0 Å². The molecule has 6 rings (SSSR count). The molecule has 23 nitrogen and oxygen atoms in total. The first-order valence-corrected chi connectivity index (χ1v) is 15.7. The van der Waals surface area contributed by atoms with Gasteiger partial charge in [-0.05, 0) is 31.9 Å². The number of imidazole rings is 2. The van der Waals surface area contributed by atoms with Crippen molar-refractivity contribution in [2.45, 2.75) is 49.3 Å². The number of aromatic nitrogens is 8. The van der Waals surface area contributed by atoms with E-state index in [0.717, 1.165) is 0 Å². The van der Waals surface area contributed by atoms with Crippen LogP contribution >= 0.6 is 40.2 Å². The van der Waals surface area contributed by atoms with E-state index in [1.807, 2.05) is 0 Å². The zero-order valence-electron chi connectivity index (χ0n) is 22.7. The number of rotatable bonds is 7. The minimum Gasteiger partial charge on any atom is -0.394 e. The van der Waals surface area contributed by atoms with E-state index >= 15 is 0 Å². The molecule has 3 unspecified atom stereocenters. The summed E-state index contributed by atoms with van der Waals surface area (Å²) in [6, 6.07) is 0. The molecule has 0 amide bonds. The molecule has 2 aliphatic heterocycles. The minimum absolute atomic E-state index is 0.00529. The lowest BCUT2D eigenvalue weighted by Crippen LogP contribution is -2.33. The first kappa shape index (κ1) is 34.6. The number of nitrogens with one attached hydrogen (secondary N) is 2. The SMILES string of the molecule is Nc1nc2c(nc(Br)n2[C@@H]2O[C@H](CO)C(O)[C@@H]2O)c(=O)[nH]1.Nc1nc2c(nc(Br)n2[C@@H]2O[C@H](OOP(O)CO)C(O)[C@@H]2O)c(=O)[nH]1. The zero-order chi connectivity index (χ0) is 33.6. The number of hydrogen-bond donors (Lipinski definition) is 11. The third kappa shape index (κ3) is 6.39. The Balaban J connectivity index is 0.000000184. The average molecular weight is 804 g/mol. The topological polar surface area (TPSA) is 358 Å². The predicted octanol–water partition coefficient (Wildman–Crippen LogP) is -3.68. The number of nitrogens with two attached hydrogens (primary N) is 2. The second-order valence-corrected chi connectivity index (χ2v) is 12.1. The van der Waals surface area contributed by atoms with Gasteiger partial charge in [0.15, 0.2) is 44.3 Å². The van der Waals surface area contributed by atoms with Gasteiger partial charge in [0.05, 0.1) is 6.61 Å². The van der Waals surface area contributed by atoms with E-state index in [1.165, 1.54) is 9.13 Å². The summed E-state index contributed by atoms with van der Waals surface area (Å²) in [4.78, 5) is 58.0. The van der Waals surface area contributed by atoms with E-state index in [4.69, 9.17) is 40.9 Å².